The molecule has 2 amide bonds. The second kappa shape index (κ2) is 8.06. The van der Waals surface area contributed by atoms with Gasteiger partial charge in [0.25, 0.3) is 11.8 Å². The summed E-state index contributed by atoms with van der Waals surface area (Å²) < 4.78 is 10.7. The zero-order valence-corrected chi connectivity index (χ0v) is 17.3. The standard InChI is InChI=1S/C24H24N2O4/c1-4-5-14-26-19-13-12-18(15-8-6-9-16(21(15)19)24(26)28)25-23(27)17-10-7-11-20(29-2)22(17)30-3/h6-13H,4-5,14H2,1-3H3,(H,25,27). The molecule has 3 aromatic rings. The van der Waals surface area contributed by atoms with Crippen molar-refractivity contribution in [2.45, 2.75) is 19.8 Å². The number of rotatable bonds is 7. The molecule has 0 aromatic heterocycles. The molecule has 4 rings (SSSR count). The summed E-state index contributed by atoms with van der Waals surface area (Å²) in [6, 6.07) is 14.6. The smallest absolute Gasteiger partial charge is 0.259 e. The van der Waals surface area contributed by atoms with E-state index >= 15 is 0 Å². The Morgan fingerprint density at radius 2 is 1.83 bits per heavy atom. The number of carbonyl (C=O) groups excluding carboxylic acids is 2. The molecule has 1 aliphatic rings. The molecule has 0 spiro atoms. The van der Waals surface area contributed by atoms with Gasteiger partial charge in [-0.3, -0.25) is 9.59 Å². The lowest BCUT2D eigenvalue weighted by Crippen LogP contribution is -2.27. The quantitative estimate of drug-likeness (QED) is 0.610. The van der Waals surface area contributed by atoms with E-state index < -0.39 is 0 Å². The molecule has 1 aliphatic heterocycles. The largest absolute Gasteiger partial charge is 0.493 e. The summed E-state index contributed by atoms with van der Waals surface area (Å²) in [5, 5.41) is 4.70. The minimum Gasteiger partial charge on any atom is -0.493 e. The maximum absolute atomic E-state index is 13.0. The Hall–Kier alpha value is -3.54. The second-order valence-corrected chi connectivity index (χ2v) is 7.17. The third kappa shape index (κ3) is 3.14. The van der Waals surface area contributed by atoms with Crippen molar-refractivity contribution in [3.05, 3.63) is 59.7 Å². The maximum atomic E-state index is 13.0. The molecule has 6 nitrogen and oxygen atoms in total. The van der Waals surface area contributed by atoms with Gasteiger partial charge >= 0.3 is 0 Å². The third-order valence-corrected chi connectivity index (χ3v) is 5.42. The molecule has 0 aliphatic carbocycles. The summed E-state index contributed by atoms with van der Waals surface area (Å²) in [7, 11) is 3.04. The zero-order valence-electron chi connectivity index (χ0n) is 17.3. The SMILES string of the molecule is CCCCN1C(=O)c2cccc3c(NC(=O)c4cccc(OC)c4OC)ccc1c23. The van der Waals surface area contributed by atoms with E-state index in [1.54, 1.807) is 18.2 Å². The Labute approximate surface area is 175 Å². The van der Waals surface area contributed by atoms with Gasteiger partial charge < -0.3 is 19.7 Å². The summed E-state index contributed by atoms with van der Waals surface area (Å²) in [6.07, 6.45) is 1.95. The van der Waals surface area contributed by atoms with E-state index in [1.807, 2.05) is 35.2 Å². The van der Waals surface area contributed by atoms with Crippen LogP contribution in [0.4, 0.5) is 11.4 Å². The topological polar surface area (TPSA) is 67.9 Å². The molecule has 0 saturated heterocycles. The zero-order chi connectivity index (χ0) is 21.3. The van der Waals surface area contributed by atoms with Crippen molar-refractivity contribution in [3.63, 3.8) is 0 Å². The highest BCUT2D eigenvalue weighted by Gasteiger charge is 2.30. The Morgan fingerprint density at radius 3 is 2.57 bits per heavy atom. The van der Waals surface area contributed by atoms with Crippen molar-refractivity contribution in [2.24, 2.45) is 0 Å². The molecule has 0 unspecified atom stereocenters. The van der Waals surface area contributed by atoms with Crippen molar-refractivity contribution in [1.29, 1.82) is 0 Å². The van der Waals surface area contributed by atoms with Crippen molar-refractivity contribution in [3.8, 4) is 11.5 Å². The molecule has 154 valence electrons. The first-order valence-electron chi connectivity index (χ1n) is 10.0. The van der Waals surface area contributed by atoms with Crippen LogP contribution in [0.5, 0.6) is 11.5 Å². The molecule has 6 heteroatoms. The fourth-order valence-corrected chi connectivity index (χ4v) is 3.95. The van der Waals surface area contributed by atoms with Gasteiger partial charge in [0, 0.05) is 28.6 Å². The molecule has 0 atom stereocenters. The Balaban J connectivity index is 1.74. The summed E-state index contributed by atoms with van der Waals surface area (Å²) in [4.78, 5) is 27.8. The molecule has 1 heterocycles. The van der Waals surface area contributed by atoms with Gasteiger partial charge in [-0.2, -0.15) is 0 Å². The van der Waals surface area contributed by atoms with Gasteiger partial charge in [0.05, 0.1) is 25.5 Å². The van der Waals surface area contributed by atoms with Gasteiger partial charge in [0.1, 0.15) is 0 Å². The monoisotopic (exact) mass is 404 g/mol. The number of carbonyl (C=O) groups is 2. The molecular formula is C24H24N2O4. The average molecular weight is 404 g/mol. The molecule has 0 fully saturated rings. The first-order chi connectivity index (χ1) is 14.6. The molecule has 30 heavy (non-hydrogen) atoms. The highest BCUT2D eigenvalue weighted by atomic mass is 16.5. The fraction of sp³-hybridized carbons (Fsp3) is 0.250. The number of anilines is 2. The number of nitrogens with zero attached hydrogens (tertiary/aromatic N) is 1. The second-order valence-electron chi connectivity index (χ2n) is 7.17. The van der Waals surface area contributed by atoms with E-state index in [1.165, 1.54) is 14.2 Å². The van der Waals surface area contributed by atoms with Crippen LogP contribution in [0.3, 0.4) is 0 Å². The van der Waals surface area contributed by atoms with Crippen LogP contribution in [0.2, 0.25) is 0 Å². The lowest BCUT2D eigenvalue weighted by molar-refractivity contribution is 0.0990. The maximum Gasteiger partial charge on any atom is 0.259 e. The number of hydrogen-bond acceptors (Lipinski definition) is 4. The van der Waals surface area contributed by atoms with Crippen LogP contribution < -0.4 is 19.7 Å². The van der Waals surface area contributed by atoms with Crippen LogP contribution in [0.1, 0.15) is 40.5 Å². The van der Waals surface area contributed by atoms with Gasteiger partial charge in [0.15, 0.2) is 11.5 Å². The molecule has 0 saturated carbocycles. The predicted molar refractivity (Wildman–Crippen MR) is 118 cm³/mol. The molecule has 0 radical (unpaired) electrons. The first-order valence-corrected chi connectivity index (χ1v) is 10.0. The fourth-order valence-electron chi connectivity index (χ4n) is 3.95. The number of benzene rings is 3. The van der Waals surface area contributed by atoms with Crippen molar-refractivity contribution in [1.82, 2.24) is 0 Å². The number of ether oxygens (including phenoxy) is 2. The van der Waals surface area contributed by atoms with Crippen molar-refractivity contribution < 1.29 is 19.1 Å². The van der Waals surface area contributed by atoms with E-state index in [9.17, 15) is 9.59 Å². The average Bonchev–Trinajstić information content (AvgIpc) is 3.05. The van der Waals surface area contributed by atoms with E-state index in [4.69, 9.17) is 9.47 Å². The number of methoxy groups -OCH3 is 2. The van der Waals surface area contributed by atoms with Crippen molar-refractivity contribution in [2.75, 3.05) is 31.0 Å². The minimum absolute atomic E-state index is 0.0157. The van der Waals surface area contributed by atoms with E-state index in [0.717, 1.165) is 29.3 Å². The number of hydrogen-bond donors (Lipinski definition) is 1. The summed E-state index contributed by atoms with van der Waals surface area (Å²) in [6.45, 7) is 2.79. The lowest BCUT2D eigenvalue weighted by atomic mass is 10.0. The predicted octanol–water partition coefficient (Wildman–Crippen LogP) is 4.87. The van der Waals surface area contributed by atoms with Crippen LogP contribution in [-0.2, 0) is 0 Å². The van der Waals surface area contributed by atoms with Gasteiger partial charge in [-0.05, 0) is 36.8 Å². The molecule has 3 aromatic carbocycles. The van der Waals surface area contributed by atoms with Crippen molar-refractivity contribution >= 4 is 34.0 Å². The van der Waals surface area contributed by atoms with E-state index in [2.05, 4.69) is 12.2 Å². The van der Waals surface area contributed by atoms with Gasteiger partial charge in [-0.25, -0.2) is 0 Å². The van der Waals surface area contributed by atoms with Crippen LogP contribution in [0, 0.1) is 0 Å². The highest BCUT2D eigenvalue weighted by molar-refractivity contribution is 6.27. The van der Waals surface area contributed by atoms with E-state index in [0.29, 0.717) is 34.9 Å². The van der Waals surface area contributed by atoms with Crippen LogP contribution in [0.25, 0.3) is 10.8 Å². The first kappa shape index (κ1) is 19.8. The van der Waals surface area contributed by atoms with Gasteiger partial charge in [0.2, 0.25) is 0 Å². The number of nitrogens with one attached hydrogen (secondary N) is 1. The van der Waals surface area contributed by atoms with Crippen LogP contribution in [0.15, 0.2) is 48.5 Å². The Bertz CT molecular complexity index is 1140. The summed E-state index contributed by atoms with van der Waals surface area (Å²) in [5.41, 5.74) is 2.60. The molecular weight excluding hydrogens is 380 g/mol. The summed E-state index contributed by atoms with van der Waals surface area (Å²) >= 11 is 0. The highest BCUT2D eigenvalue weighted by Crippen LogP contribution is 2.41. The number of unbranched alkanes of at least 4 members (excludes halogenated alkanes) is 1. The third-order valence-electron chi connectivity index (χ3n) is 5.42. The molecule has 1 N–H and O–H groups in total. The van der Waals surface area contributed by atoms with Gasteiger partial charge in [-0.15, -0.1) is 0 Å². The Kier molecular flexibility index (Phi) is 5.31. The number of amides is 2. The minimum atomic E-state index is -0.307. The number of para-hydroxylation sites is 1. The molecule has 0 bridgehead atoms. The summed E-state index contributed by atoms with van der Waals surface area (Å²) in [5.74, 6) is 0.577. The lowest BCUT2D eigenvalue weighted by Gasteiger charge is -2.18. The van der Waals surface area contributed by atoms with Crippen LogP contribution in [-0.4, -0.2) is 32.6 Å². The van der Waals surface area contributed by atoms with Crippen LogP contribution >= 0.6 is 0 Å². The Morgan fingerprint density at radius 1 is 1.03 bits per heavy atom. The van der Waals surface area contributed by atoms with Gasteiger partial charge in [-0.1, -0.05) is 31.5 Å². The normalized spacial score (nSPS) is 12.4. The van der Waals surface area contributed by atoms with E-state index in [-0.39, 0.29) is 11.8 Å².